The van der Waals surface area contributed by atoms with E-state index in [4.69, 9.17) is 37.9 Å². The van der Waals surface area contributed by atoms with E-state index in [-0.39, 0.29) is 47.8 Å². The molecule has 1 saturated carbocycles. The number of benzene rings is 4. The highest BCUT2D eigenvalue weighted by atomic mass is 32.2. The van der Waals surface area contributed by atoms with Gasteiger partial charge in [-0.15, -0.1) is 0 Å². The quantitative estimate of drug-likeness (QED) is 0.0494. The minimum atomic E-state index is -0.394. The number of methoxy groups -OCH3 is 4. The maximum absolute atomic E-state index is 14.5. The molecule has 4 heterocycles. The molecule has 77 heavy (non-hydrogen) atoms. The molecule has 1 N–H and O–H groups in total. The van der Waals surface area contributed by atoms with Gasteiger partial charge in [-0.3, -0.25) is 14.4 Å². The average molecular weight is 1070 g/mol. The van der Waals surface area contributed by atoms with Crippen molar-refractivity contribution >= 4 is 58.2 Å². The first-order valence-corrected chi connectivity index (χ1v) is 27.6. The number of allylic oxidation sites excluding steroid dienone is 2. The average Bonchev–Trinajstić information content (AvgIpc) is 4.08. The van der Waals surface area contributed by atoms with Gasteiger partial charge in [0.05, 0.1) is 94.5 Å². The normalized spacial score (nSPS) is 20.0. The van der Waals surface area contributed by atoms with Gasteiger partial charge in [-0.25, -0.2) is 4.99 Å². The maximum Gasteiger partial charge on any atom is 0.305 e. The summed E-state index contributed by atoms with van der Waals surface area (Å²) >= 11 is 1.91. The molecule has 2 fully saturated rings. The number of aliphatic imine (C=N–C) groups is 1. The Labute approximate surface area is 455 Å². The summed E-state index contributed by atoms with van der Waals surface area (Å²) in [6.45, 7) is 6.75. The van der Waals surface area contributed by atoms with Crippen LogP contribution in [0.2, 0.25) is 0 Å². The second-order valence-electron chi connectivity index (χ2n) is 20.6. The summed E-state index contributed by atoms with van der Waals surface area (Å²) in [5, 5.41) is 3.62. The molecule has 17 heteroatoms. The van der Waals surface area contributed by atoms with E-state index in [1.807, 2.05) is 53.1 Å². The van der Waals surface area contributed by atoms with E-state index in [1.54, 1.807) is 39.5 Å². The zero-order chi connectivity index (χ0) is 53.5. The second-order valence-corrected chi connectivity index (χ2v) is 22.2. The molecule has 6 aliphatic rings. The minimum Gasteiger partial charge on any atom is -0.493 e. The van der Waals surface area contributed by atoms with Gasteiger partial charge in [0.2, 0.25) is 0 Å². The van der Waals surface area contributed by atoms with Crippen molar-refractivity contribution in [1.82, 2.24) is 4.90 Å². The van der Waals surface area contributed by atoms with Gasteiger partial charge in [0.25, 0.3) is 11.8 Å². The second kappa shape index (κ2) is 23.9. The Hall–Kier alpha value is -6.75. The lowest BCUT2D eigenvalue weighted by Gasteiger charge is -2.36. The van der Waals surface area contributed by atoms with Crippen LogP contribution in [0.15, 0.2) is 102 Å². The summed E-state index contributed by atoms with van der Waals surface area (Å²) in [6.07, 6.45) is 13.7. The fourth-order valence-electron chi connectivity index (χ4n) is 11.1. The van der Waals surface area contributed by atoms with Crippen LogP contribution in [-0.2, 0) is 43.4 Å². The number of ether oxygens (including phenoxy) is 8. The highest BCUT2D eigenvalue weighted by Gasteiger charge is 2.50. The standard InChI is InChI=1S/C60H69N5O11S/c1-59-35-43-12-7-9-14-51(43)65(59)58(68)47-32-53(71-4)55(34-49(47)62-38-59)76-37-41-27-40(28-45(29-41)63(20-21-73-24-25-74-23-22-69-2)39-60(17-18-60)77-26-10-15-56(66)72-5)36-75-54-33-48-46(31-52(54)70-3)57(67)64-44(16-19-61-48)30-42-11-6-8-13-50(42)64/h6-9,11-13,16,27-29,31-34,44,51,62H,10,14-15,17-18,20-26,30,35-39H2,1-5H3. The highest BCUT2D eigenvalue weighted by Crippen LogP contribution is 2.50. The van der Waals surface area contributed by atoms with Gasteiger partial charge in [0, 0.05) is 67.5 Å². The molecule has 406 valence electrons. The number of esters is 1. The zero-order valence-electron chi connectivity index (χ0n) is 44.7. The Morgan fingerprint density at radius 2 is 1.58 bits per heavy atom. The molecule has 1 saturated heterocycles. The van der Waals surface area contributed by atoms with Crippen LogP contribution in [0.3, 0.4) is 0 Å². The molecule has 0 bridgehead atoms. The topological polar surface area (TPSA) is 159 Å². The van der Waals surface area contributed by atoms with Crippen molar-refractivity contribution in [2.24, 2.45) is 4.99 Å². The van der Waals surface area contributed by atoms with Crippen LogP contribution in [0.4, 0.5) is 22.7 Å². The lowest BCUT2D eigenvalue weighted by atomic mass is 9.94. The number of carbonyl (C=O) groups excluding carboxylic acids is 3. The number of thioether (sulfide) groups is 1. The third-order valence-electron chi connectivity index (χ3n) is 15.3. The summed E-state index contributed by atoms with van der Waals surface area (Å²) in [5.74, 6) is 5.31. The minimum absolute atomic E-state index is 0.00246. The molecule has 3 atom stereocenters. The third kappa shape index (κ3) is 11.9. The molecule has 4 aromatic carbocycles. The molecule has 2 amide bonds. The van der Waals surface area contributed by atoms with E-state index >= 15 is 0 Å². The number of nitrogens with one attached hydrogen (secondary N) is 1. The molecule has 4 aromatic rings. The number of rotatable bonds is 25. The number of para-hydroxylation sites is 1. The van der Waals surface area contributed by atoms with Crippen molar-refractivity contribution in [3.63, 3.8) is 0 Å². The van der Waals surface area contributed by atoms with E-state index in [2.05, 4.69) is 69.3 Å². The van der Waals surface area contributed by atoms with Crippen LogP contribution in [0.25, 0.3) is 0 Å². The fraction of sp³-hybridized carbons (Fsp3) is 0.450. The number of carbonyl (C=O) groups is 3. The molecular weight excluding hydrogens is 999 g/mol. The summed E-state index contributed by atoms with van der Waals surface area (Å²) in [5.41, 5.74) is 7.62. The van der Waals surface area contributed by atoms with E-state index in [0.717, 1.165) is 72.5 Å². The smallest absolute Gasteiger partial charge is 0.305 e. The van der Waals surface area contributed by atoms with E-state index in [0.29, 0.717) is 104 Å². The molecule has 0 radical (unpaired) electrons. The van der Waals surface area contributed by atoms with Crippen molar-refractivity contribution in [2.45, 2.75) is 87.5 Å². The highest BCUT2D eigenvalue weighted by molar-refractivity contribution is 8.01. The van der Waals surface area contributed by atoms with Crippen LogP contribution in [-0.4, -0.2) is 138 Å². The van der Waals surface area contributed by atoms with E-state index in [9.17, 15) is 14.4 Å². The summed E-state index contributed by atoms with van der Waals surface area (Å²) in [6, 6.07) is 21.3. The number of nitrogens with zero attached hydrogens (tertiary/aromatic N) is 4. The van der Waals surface area contributed by atoms with Crippen LogP contribution in [0.5, 0.6) is 23.0 Å². The summed E-state index contributed by atoms with van der Waals surface area (Å²) < 4.78 is 47.2. The molecular formula is C60H69N5O11S. The summed E-state index contributed by atoms with van der Waals surface area (Å²) in [4.78, 5) is 51.7. The SMILES string of the molecule is COCCOCCOCCN(CC1(SCCCC(=O)OC)CC1)c1cc(COc2cc3c(cc2OC)C(=O)N2c4ccccc4CC2C=C=N3)cc(COc2cc3c(cc2OC)C(=O)N2C4CC=CC=C4CC2(C)CN3)c1. The van der Waals surface area contributed by atoms with Crippen LogP contribution in [0, 0.1) is 0 Å². The van der Waals surface area contributed by atoms with Gasteiger partial charge >= 0.3 is 5.97 Å². The monoisotopic (exact) mass is 1070 g/mol. The Morgan fingerprint density at radius 1 is 0.857 bits per heavy atom. The van der Waals surface area contributed by atoms with Gasteiger partial charge < -0.3 is 57.9 Å². The number of hydrogen-bond acceptors (Lipinski definition) is 15. The Bertz CT molecular complexity index is 2990. The number of amides is 2. The predicted molar refractivity (Wildman–Crippen MR) is 298 cm³/mol. The zero-order valence-corrected chi connectivity index (χ0v) is 45.5. The largest absolute Gasteiger partial charge is 0.493 e. The molecule has 0 spiro atoms. The van der Waals surface area contributed by atoms with Crippen LogP contribution >= 0.6 is 11.8 Å². The van der Waals surface area contributed by atoms with Gasteiger partial charge in [0.15, 0.2) is 23.0 Å². The Balaban J connectivity index is 0.943. The molecule has 10 rings (SSSR count). The molecule has 3 unspecified atom stereocenters. The Morgan fingerprint density at radius 3 is 2.32 bits per heavy atom. The molecule has 0 aromatic heterocycles. The van der Waals surface area contributed by atoms with Gasteiger partial charge in [0.1, 0.15) is 13.2 Å². The van der Waals surface area contributed by atoms with Crippen molar-refractivity contribution in [3.8, 4) is 23.0 Å². The first kappa shape index (κ1) is 53.6. The predicted octanol–water partition coefficient (Wildman–Crippen LogP) is 9.29. The molecule has 2 aliphatic carbocycles. The van der Waals surface area contributed by atoms with Gasteiger partial charge in [-0.2, -0.15) is 11.8 Å². The first-order chi connectivity index (χ1) is 37.5. The first-order valence-electron chi connectivity index (χ1n) is 26.6. The number of hydrogen-bond donors (Lipinski definition) is 1. The van der Waals surface area contributed by atoms with Crippen LogP contribution < -0.4 is 34.1 Å². The lowest BCUT2D eigenvalue weighted by Crippen LogP contribution is -2.51. The lowest BCUT2D eigenvalue weighted by molar-refractivity contribution is -0.140. The number of fused-ring (bicyclic) bond motifs is 8. The van der Waals surface area contributed by atoms with Crippen LogP contribution in [0.1, 0.15) is 82.9 Å². The van der Waals surface area contributed by atoms with E-state index in [1.165, 1.54) is 12.7 Å². The maximum atomic E-state index is 14.5. The fourth-order valence-corrected chi connectivity index (χ4v) is 12.5. The van der Waals surface area contributed by atoms with Gasteiger partial charge in [-0.1, -0.05) is 36.4 Å². The third-order valence-corrected chi connectivity index (χ3v) is 16.9. The van der Waals surface area contributed by atoms with Crippen molar-refractivity contribution in [2.75, 3.05) is 102 Å². The Kier molecular flexibility index (Phi) is 16.6. The van der Waals surface area contributed by atoms with Crippen molar-refractivity contribution < 1.29 is 52.3 Å². The molecule has 4 aliphatic heterocycles. The summed E-state index contributed by atoms with van der Waals surface area (Å²) in [7, 11) is 6.24. The van der Waals surface area contributed by atoms with Crippen molar-refractivity contribution in [1.29, 1.82) is 0 Å². The van der Waals surface area contributed by atoms with Gasteiger partial charge in [-0.05, 0) is 116 Å². The molecule has 16 nitrogen and oxygen atoms in total. The van der Waals surface area contributed by atoms with E-state index < -0.39 is 5.54 Å². The number of anilines is 3. The van der Waals surface area contributed by atoms with Crippen molar-refractivity contribution in [3.05, 3.63) is 124 Å².